The van der Waals surface area contributed by atoms with Crippen molar-refractivity contribution in [3.05, 3.63) is 145 Å². The molecule has 0 atom stereocenters. The highest BCUT2D eigenvalue weighted by Gasteiger charge is 2.21. The fourth-order valence-electron chi connectivity index (χ4n) is 6.21. The van der Waals surface area contributed by atoms with E-state index in [1.807, 2.05) is 86.6 Å². The van der Waals surface area contributed by atoms with Gasteiger partial charge >= 0.3 is 0 Å². The average Bonchev–Trinajstić information content (AvgIpc) is 3.71. The molecule has 47 heavy (non-hydrogen) atoms. The quantitative estimate of drug-likeness (QED) is 0.198. The molecule has 3 heterocycles. The highest BCUT2D eigenvalue weighted by Crippen LogP contribution is 2.43. The summed E-state index contributed by atoms with van der Waals surface area (Å²) in [6.45, 7) is 6.13. The van der Waals surface area contributed by atoms with Crippen LogP contribution in [0.1, 0.15) is 37.2 Å². The molecule has 5 nitrogen and oxygen atoms in total. The summed E-state index contributed by atoms with van der Waals surface area (Å²) < 4.78 is 12.3. The predicted octanol–water partition coefficient (Wildman–Crippen LogP) is 11.5. The lowest BCUT2D eigenvalue weighted by atomic mass is 9.91. The second kappa shape index (κ2) is 13.3. The third-order valence-electron chi connectivity index (χ3n) is 8.22. The molecule has 3 aromatic heterocycles. The van der Waals surface area contributed by atoms with Crippen LogP contribution in [-0.2, 0) is 6.42 Å². The molecule has 0 aliphatic heterocycles. The number of aromatic nitrogens is 3. The minimum absolute atomic E-state index is 0.699. The van der Waals surface area contributed by atoms with Crippen LogP contribution in [0.3, 0.4) is 0 Å². The lowest BCUT2D eigenvalue weighted by molar-refractivity contribution is 0.595. The Morgan fingerprint density at radius 1 is 0.596 bits per heavy atom. The first-order valence-corrected chi connectivity index (χ1v) is 16.2. The van der Waals surface area contributed by atoms with E-state index in [1.54, 1.807) is 6.33 Å². The largest absolute Gasteiger partial charge is 0.456 e. The Hall–Kier alpha value is -5.81. The first-order chi connectivity index (χ1) is 23.2. The van der Waals surface area contributed by atoms with Crippen LogP contribution in [-0.4, -0.2) is 15.0 Å². The van der Waals surface area contributed by atoms with Crippen molar-refractivity contribution in [1.29, 1.82) is 0 Å². The van der Waals surface area contributed by atoms with Crippen LogP contribution in [0.25, 0.3) is 72.9 Å². The molecule has 5 aromatic carbocycles. The Balaban J connectivity index is 0.000000153. The number of allylic oxidation sites excluding steroid dienone is 1. The molecule has 1 aliphatic rings. The minimum Gasteiger partial charge on any atom is -0.456 e. The normalized spacial score (nSPS) is 11.9. The average molecular weight is 614 g/mol. The van der Waals surface area contributed by atoms with Gasteiger partial charge in [-0.1, -0.05) is 117 Å². The van der Waals surface area contributed by atoms with Crippen LogP contribution in [0.15, 0.2) is 136 Å². The van der Waals surface area contributed by atoms with Crippen LogP contribution in [0.5, 0.6) is 0 Å². The van der Waals surface area contributed by atoms with E-state index in [0.717, 1.165) is 51.9 Å². The molecule has 1 aliphatic carbocycles. The number of hydrogen-bond acceptors (Lipinski definition) is 5. The number of furan rings is 2. The zero-order valence-electron chi connectivity index (χ0n) is 26.8. The van der Waals surface area contributed by atoms with Gasteiger partial charge in [-0.2, -0.15) is 0 Å². The van der Waals surface area contributed by atoms with Crippen molar-refractivity contribution in [2.75, 3.05) is 0 Å². The molecule has 9 rings (SSSR count). The number of rotatable bonds is 3. The van der Waals surface area contributed by atoms with Gasteiger partial charge in [-0.15, -0.1) is 0 Å². The van der Waals surface area contributed by atoms with Gasteiger partial charge in [-0.05, 0) is 60.7 Å². The SMILES string of the molecule is CC.Cc1cc(-c2cccc3oc4ccccc4c23)c2c3c(oc2c1)C=CCC3.c1ccc(-c2ncnc(-c3ccccc3)n2)cc1. The Bertz CT molecular complexity index is 2280. The van der Waals surface area contributed by atoms with Crippen LogP contribution in [0, 0.1) is 6.92 Å². The van der Waals surface area contributed by atoms with Gasteiger partial charge in [0, 0.05) is 32.8 Å². The van der Waals surface area contributed by atoms with E-state index in [9.17, 15) is 0 Å². The molecule has 0 bridgehead atoms. The summed E-state index contributed by atoms with van der Waals surface area (Å²) in [6, 6.07) is 38.9. The van der Waals surface area contributed by atoms with Crippen molar-refractivity contribution < 1.29 is 8.83 Å². The molecule has 8 aromatic rings. The van der Waals surface area contributed by atoms with E-state index in [4.69, 9.17) is 8.83 Å². The Morgan fingerprint density at radius 3 is 1.98 bits per heavy atom. The van der Waals surface area contributed by atoms with Crippen molar-refractivity contribution in [2.45, 2.75) is 33.6 Å². The maximum Gasteiger partial charge on any atom is 0.163 e. The molecule has 0 radical (unpaired) electrons. The first-order valence-electron chi connectivity index (χ1n) is 16.2. The van der Waals surface area contributed by atoms with Crippen LogP contribution in [0.2, 0.25) is 0 Å². The van der Waals surface area contributed by atoms with Gasteiger partial charge in [-0.3, -0.25) is 0 Å². The first kappa shape index (κ1) is 29.9. The van der Waals surface area contributed by atoms with E-state index in [0.29, 0.717) is 11.6 Å². The molecule has 0 unspecified atom stereocenters. The number of hydrogen-bond donors (Lipinski definition) is 0. The molecule has 230 valence electrons. The molecule has 0 N–H and O–H groups in total. The Kier molecular flexibility index (Phi) is 8.44. The highest BCUT2D eigenvalue weighted by molar-refractivity contribution is 6.15. The molecule has 0 amide bonds. The number of fused-ring (bicyclic) bond motifs is 6. The fourth-order valence-corrected chi connectivity index (χ4v) is 6.21. The van der Waals surface area contributed by atoms with Crippen molar-refractivity contribution >= 4 is 39.0 Å². The second-order valence-electron chi connectivity index (χ2n) is 11.2. The zero-order valence-corrected chi connectivity index (χ0v) is 26.8. The summed E-state index contributed by atoms with van der Waals surface area (Å²) in [5.41, 5.74) is 9.82. The van der Waals surface area contributed by atoms with Gasteiger partial charge in [-0.25, -0.2) is 15.0 Å². The number of benzene rings is 5. The van der Waals surface area contributed by atoms with E-state index in [1.165, 1.54) is 33.0 Å². The van der Waals surface area contributed by atoms with Gasteiger partial charge in [0.25, 0.3) is 0 Å². The third-order valence-corrected chi connectivity index (χ3v) is 8.22. The second-order valence-corrected chi connectivity index (χ2v) is 11.2. The Labute approximate surface area is 274 Å². The summed E-state index contributed by atoms with van der Waals surface area (Å²) in [5, 5.41) is 3.59. The van der Waals surface area contributed by atoms with Crippen molar-refractivity contribution in [3.63, 3.8) is 0 Å². The Morgan fingerprint density at radius 2 is 1.26 bits per heavy atom. The molecular weight excluding hydrogens is 578 g/mol. The van der Waals surface area contributed by atoms with Gasteiger partial charge in [0.15, 0.2) is 11.6 Å². The molecule has 5 heteroatoms. The number of para-hydroxylation sites is 1. The number of aryl methyl sites for hydroxylation is 2. The summed E-state index contributed by atoms with van der Waals surface area (Å²) in [4.78, 5) is 12.9. The molecule has 0 fully saturated rings. The maximum absolute atomic E-state index is 6.20. The van der Waals surface area contributed by atoms with Crippen LogP contribution >= 0.6 is 0 Å². The van der Waals surface area contributed by atoms with E-state index in [-0.39, 0.29) is 0 Å². The molecule has 0 saturated heterocycles. The number of nitrogens with zero attached hydrogens (tertiary/aromatic N) is 3. The maximum atomic E-state index is 6.20. The predicted molar refractivity (Wildman–Crippen MR) is 193 cm³/mol. The van der Waals surface area contributed by atoms with E-state index < -0.39 is 0 Å². The van der Waals surface area contributed by atoms with Gasteiger partial charge in [0.1, 0.15) is 28.8 Å². The standard InChI is InChI=1S/C25H18O2.C15H11N3.C2H6/c1-15-13-19(25-18-8-3-5-11-21(18)27-23(25)14-15)16-9-6-12-22-24(16)17-7-2-4-10-20(17)26-22;1-3-7-12(8-4-1)14-16-11-17-15(18-14)13-9-5-2-6-10-13;1-2/h2,4-7,9-14H,3,8H2,1H3;1-11H;1-2H3. The van der Waals surface area contributed by atoms with Gasteiger partial charge < -0.3 is 8.83 Å². The van der Waals surface area contributed by atoms with E-state index >= 15 is 0 Å². The highest BCUT2D eigenvalue weighted by atomic mass is 16.3. The molecule has 0 spiro atoms. The molecular formula is C42H35N3O2. The summed E-state index contributed by atoms with van der Waals surface area (Å²) >= 11 is 0. The van der Waals surface area contributed by atoms with Crippen molar-refractivity contribution in [3.8, 4) is 33.9 Å². The third kappa shape index (κ3) is 5.84. The monoisotopic (exact) mass is 613 g/mol. The van der Waals surface area contributed by atoms with E-state index in [2.05, 4.69) is 76.5 Å². The molecule has 0 saturated carbocycles. The van der Waals surface area contributed by atoms with Crippen molar-refractivity contribution in [1.82, 2.24) is 15.0 Å². The smallest absolute Gasteiger partial charge is 0.163 e. The summed E-state index contributed by atoms with van der Waals surface area (Å²) in [6.07, 6.45) is 7.95. The van der Waals surface area contributed by atoms with Crippen LogP contribution in [0.4, 0.5) is 0 Å². The van der Waals surface area contributed by atoms with Gasteiger partial charge in [0.2, 0.25) is 0 Å². The zero-order chi connectivity index (χ0) is 32.2. The van der Waals surface area contributed by atoms with Crippen LogP contribution < -0.4 is 0 Å². The summed E-state index contributed by atoms with van der Waals surface area (Å²) in [7, 11) is 0. The lowest BCUT2D eigenvalue weighted by Gasteiger charge is -2.10. The lowest BCUT2D eigenvalue weighted by Crippen LogP contribution is -1.94. The van der Waals surface area contributed by atoms with Crippen molar-refractivity contribution in [2.24, 2.45) is 0 Å². The fraction of sp³-hybridized carbons (Fsp3) is 0.119. The van der Waals surface area contributed by atoms with Gasteiger partial charge in [0.05, 0.1) is 0 Å². The summed E-state index contributed by atoms with van der Waals surface area (Å²) in [5.74, 6) is 2.40. The topological polar surface area (TPSA) is 65.0 Å². The minimum atomic E-state index is 0.699.